The van der Waals surface area contributed by atoms with Crippen molar-refractivity contribution in [3.05, 3.63) is 69.7 Å². The molecule has 0 saturated heterocycles. The fraction of sp³-hybridized carbons (Fsp3) is 0.0625. The predicted molar refractivity (Wildman–Crippen MR) is 83.5 cm³/mol. The lowest BCUT2D eigenvalue weighted by Gasteiger charge is -2.08. The molecule has 1 heterocycles. The van der Waals surface area contributed by atoms with Gasteiger partial charge in [-0.3, -0.25) is 4.79 Å². The van der Waals surface area contributed by atoms with Crippen molar-refractivity contribution < 1.29 is 5.11 Å². The highest BCUT2D eigenvalue weighted by Crippen LogP contribution is 2.26. The van der Waals surface area contributed by atoms with Crippen LogP contribution in [0.25, 0.3) is 10.1 Å². The first kappa shape index (κ1) is 12.7. The smallest absolute Gasteiger partial charge is 0.229 e. The monoisotopic (exact) mass is 283 g/mol. The molecule has 0 radical (unpaired) electrons. The van der Waals surface area contributed by atoms with Crippen LogP contribution in [0.2, 0.25) is 0 Å². The minimum absolute atomic E-state index is 0.155. The van der Waals surface area contributed by atoms with Gasteiger partial charge in [-0.05, 0) is 24.3 Å². The predicted octanol–water partition coefficient (Wildman–Crippen LogP) is 3.58. The summed E-state index contributed by atoms with van der Waals surface area (Å²) in [6.07, 6.45) is 0. The number of fused-ring (bicyclic) bond motifs is 1. The number of benzene rings is 2. The van der Waals surface area contributed by atoms with Crippen molar-refractivity contribution in [3.63, 3.8) is 0 Å². The average molecular weight is 283 g/mol. The lowest BCUT2D eigenvalue weighted by Crippen LogP contribution is -2.06. The van der Waals surface area contributed by atoms with Crippen LogP contribution in [0.15, 0.2) is 59.4 Å². The van der Waals surface area contributed by atoms with Gasteiger partial charge in [-0.1, -0.05) is 30.3 Å². The van der Waals surface area contributed by atoms with Crippen LogP contribution in [0.5, 0.6) is 5.75 Å². The highest BCUT2D eigenvalue weighted by atomic mass is 32.1. The van der Waals surface area contributed by atoms with Crippen LogP contribution in [-0.4, -0.2) is 5.11 Å². The Labute approximate surface area is 120 Å². The van der Waals surface area contributed by atoms with Gasteiger partial charge in [0.2, 0.25) is 5.43 Å². The number of hydrogen-bond acceptors (Lipinski definition) is 4. The molecule has 20 heavy (non-hydrogen) atoms. The van der Waals surface area contributed by atoms with Crippen molar-refractivity contribution in [2.45, 2.75) is 6.54 Å². The van der Waals surface area contributed by atoms with Gasteiger partial charge in [0.15, 0.2) is 5.75 Å². The average Bonchev–Trinajstić information content (AvgIpc) is 2.50. The topological polar surface area (TPSA) is 49.3 Å². The Kier molecular flexibility index (Phi) is 3.39. The molecular formula is C16H13NO2S. The van der Waals surface area contributed by atoms with Crippen LogP contribution in [-0.2, 0) is 6.54 Å². The largest absolute Gasteiger partial charge is 0.503 e. The molecule has 3 aromatic rings. The van der Waals surface area contributed by atoms with E-state index < -0.39 is 0 Å². The van der Waals surface area contributed by atoms with E-state index in [0.29, 0.717) is 16.8 Å². The second-order valence-corrected chi connectivity index (χ2v) is 5.56. The second-order valence-electron chi connectivity index (χ2n) is 4.42. The molecule has 3 rings (SSSR count). The summed E-state index contributed by atoms with van der Waals surface area (Å²) in [5.41, 5.74) is 0.656. The van der Waals surface area contributed by atoms with Crippen molar-refractivity contribution in [1.29, 1.82) is 0 Å². The molecule has 2 N–H and O–H groups in total. The molecule has 0 spiro atoms. The van der Waals surface area contributed by atoms with Crippen molar-refractivity contribution in [2.24, 2.45) is 0 Å². The standard InChI is InChI=1S/C16H13NO2S/c18-15-12-8-4-5-9-13(12)20-14(16(15)19)10-17-11-6-2-1-3-7-11/h1-9,17,19H,10H2. The molecule has 0 aliphatic carbocycles. The molecular weight excluding hydrogens is 270 g/mol. The van der Waals surface area contributed by atoms with E-state index in [0.717, 1.165) is 10.4 Å². The zero-order valence-electron chi connectivity index (χ0n) is 10.7. The number of nitrogens with one attached hydrogen (secondary N) is 1. The van der Waals surface area contributed by atoms with Gasteiger partial charge in [0.25, 0.3) is 0 Å². The summed E-state index contributed by atoms with van der Waals surface area (Å²) >= 11 is 1.43. The van der Waals surface area contributed by atoms with Crippen LogP contribution in [0.1, 0.15) is 4.88 Å². The molecule has 0 saturated carbocycles. The number of para-hydroxylation sites is 1. The van der Waals surface area contributed by atoms with Gasteiger partial charge in [-0.2, -0.15) is 0 Å². The van der Waals surface area contributed by atoms with Crippen LogP contribution in [0.4, 0.5) is 5.69 Å². The molecule has 0 unspecified atom stereocenters. The zero-order valence-corrected chi connectivity index (χ0v) is 11.5. The molecule has 0 amide bonds. The van der Waals surface area contributed by atoms with E-state index in [4.69, 9.17) is 0 Å². The van der Waals surface area contributed by atoms with Crippen LogP contribution >= 0.6 is 11.3 Å². The van der Waals surface area contributed by atoms with Crippen molar-refractivity contribution in [2.75, 3.05) is 5.32 Å². The van der Waals surface area contributed by atoms with E-state index in [1.165, 1.54) is 11.3 Å². The number of anilines is 1. The van der Waals surface area contributed by atoms with E-state index in [2.05, 4.69) is 5.32 Å². The first-order valence-corrected chi connectivity index (χ1v) is 7.10. The Morgan fingerprint density at radius 3 is 2.50 bits per heavy atom. The fourth-order valence-electron chi connectivity index (χ4n) is 2.04. The second kappa shape index (κ2) is 5.35. The number of rotatable bonds is 3. The van der Waals surface area contributed by atoms with Gasteiger partial charge in [0.1, 0.15) is 0 Å². The van der Waals surface area contributed by atoms with E-state index in [1.54, 1.807) is 12.1 Å². The highest BCUT2D eigenvalue weighted by molar-refractivity contribution is 7.18. The number of aromatic hydroxyl groups is 1. The Morgan fingerprint density at radius 2 is 1.70 bits per heavy atom. The summed E-state index contributed by atoms with van der Waals surface area (Å²) in [4.78, 5) is 12.7. The van der Waals surface area contributed by atoms with Gasteiger partial charge < -0.3 is 10.4 Å². The highest BCUT2D eigenvalue weighted by Gasteiger charge is 2.10. The van der Waals surface area contributed by atoms with E-state index in [1.807, 2.05) is 42.5 Å². The van der Waals surface area contributed by atoms with Crippen molar-refractivity contribution in [1.82, 2.24) is 0 Å². The Bertz CT molecular complexity index is 796. The first-order valence-electron chi connectivity index (χ1n) is 6.28. The molecule has 0 aliphatic heterocycles. The molecule has 4 heteroatoms. The van der Waals surface area contributed by atoms with E-state index >= 15 is 0 Å². The zero-order chi connectivity index (χ0) is 13.9. The van der Waals surface area contributed by atoms with Gasteiger partial charge >= 0.3 is 0 Å². The third-order valence-electron chi connectivity index (χ3n) is 3.07. The van der Waals surface area contributed by atoms with Crippen LogP contribution in [0, 0.1) is 0 Å². The Morgan fingerprint density at radius 1 is 1.00 bits per heavy atom. The third kappa shape index (κ3) is 2.38. The Hall–Kier alpha value is -2.33. The SMILES string of the molecule is O=c1c(O)c(CNc2ccccc2)sc2ccccc12. The van der Waals surface area contributed by atoms with E-state index in [9.17, 15) is 9.90 Å². The summed E-state index contributed by atoms with van der Waals surface area (Å²) in [5.74, 6) is -0.155. The molecule has 3 nitrogen and oxygen atoms in total. The molecule has 0 atom stereocenters. The minimum Gasteiger partial charge on any atom is -0.503 e. The summed E-state index contributed by atoms with van der Waals surface area (Å²) in [5, 5.41) is 13.8. The molecule has 100 valence electrons. The van der Waals surface area contributed by atoms with Gasteiger partial charge in [0.05, 0.1) is 11.4 Å². The third-order valence-corrected chi connectivity index (χ3v) is 4.23. The van der Waals surface area contributed by atoms with Crippen LogP contribution in [0.3, 0.4) is 0 Å². The molecule has 0 fully saturated rings. The Balaban J connectivity index is 1.96. The quantitative estimate of drug-likeness (QED) is 0.772. The van der Waals surface area contributed by atoms with E-state index in [-0.39, 0.29) is 11.2 Å². The maximum atomic E-state index is 12.1. The van der Waals surface area contributed by atoms with Crippen molar-refractivity contribution in [3.8, 4) is 5.75 Å². The fourth-order valence-corrected chi connectivity index (χ4v) is 3.05. The maximum absolute atomic E-state index is 12.1. The summed E-state index contributed by atoms with van der Waals surface area (Å²) in [6, 6.07) is 17.0. The summed E-state index contributed by atoms with van der Waals surface area (Å²) in [7, 11) is 0. The molecule has 0 bridgehead atoms. The summed E-state index contributed by atoms with van der Waals surface area (Å²) in [6.45, 7) is 0.431. The van der Waals surface area contributed by atoms with Gasteiger partial charge in [-0.15, -0.1) is 11.3 Å². The van der Waals surface area contributed by atoms with Gasteiger partial charge in [-0.25, -0.2) is 0 Å². The minimum atomic E-state index is -0.302. The lowest BCUT2D eigenvalue weighted by molar-refractivity contribution is 0.467. The van der Waals surface area contributed by atoms with Gasteiger partial charge in [0, 0.05) is 15.8 Å². The normalized spacial score (nSPS) is 10.6. The maximum Gasteiger partial charge on any atom is 0.229 e. The first-order chi connectivity index (χ1) is 9.75. The summed E-state index contributed by atoms with van der Waals surface area (Å²) < 4.78 is 0.889. The lowest BCUT2D eigenvalue weighted by atomic mass is 10.2. The molecule has 0 aliphatic rings. The van der Waals surface area contributed by atoms with Crippen molar-refractivity contribution >= 4 is 27.1 Å². The number of hydrogen-bond donors (Lipinski definition) is 2. The molecule has 1 aromatic heterocycles. The molecule has 2 aromatic carbocycles. The van der Waals surface area contributed by atoms with Crippen LogP contribution < -0.4 is 10.7 Å².